The van der Waals surface area contributed by atoms with E-state index in [0.717, 1.165) is 12.4 Å². The summed E-state index contributed by atoms with van der Waals surface area (Å²) in [5, 5.41) is 3.42. The monoisotopic (exact) mass is 410 g/mol. The fourth-order valence-electron chi connectivity index (χ4n) is 3.28. The van der Waals surface area contributed by atoms with E-state index in [4.69, 9.17) is 4.74 Å². The Morgan fingerprint density at radius 2 is 1.82 bits per heavy atom. The number of hydrogen-bond acceptors (Lipinski definition) is 4. The topological polar surface area (TPSA) is 74.2 Å². The Morgan fingerprint density at radius 3 is 2.39 bits per heavy atom. The molecule has 0 spiro atoms. The zero-order chi connectivity index (χ0) is 20.6. The van der Waals surface area contributed by atoms with Gasteiger partial charge in [-0.15, -0.1) is 0 Å². The van der Waals surface area contributed by atoms with E-state index in [9.17, 15) is 8.42 Å². The average Bonchev–Trinajstić information content (AvgIpc) is 2.68. The molecule has 7 nitrogen and oxygen atoms in total. The number of aliphatic imine (C=N–C) groups is 1. The normalized spacial score (nSPS) is 16.6. The molecular weight excluding hydrogens is 376 g/mol. The molecule has 0 radical (unpaired) electrons. The van der Waals surface area contributed by atoms with Crippen molar-refractivity contribution in [3.8, 4) is 0 Å². The number of aryl methyl sites for hydroxylation is 1. The van der Waals surface area contributed by atoms with Gasteiger partial charge >= 0.3 is 0 Å². The van der Waals surface area contributed by atoms with Crippen molar-refractivity contribution >= 4 is 16.0 Å². The van der Waals surface area contributed by atoms with Crippen LogP contribution in [0.15, 0.2) is 29.3 Å². The first-order valence-corrected chi connectivity index (χ1v) is 11.6. The third kappa shape index (κ3) is 6.46. The molecule has 2 rings (SSSR count). The Kier molecular flexibility index (Phi) is 8.72. The molecule has 1 heterocycles. The smallest absolute Gasteiger partial charge is 0.216 e. The van der Waals surface area contributed by atoms with E-state index in [-0.39, 0.29) is 18.5 Å². The fraction of sp³-hybridized carbons (Fsp3) is 0.650. The van der Waals surface area contributed by atoms with Gasteiger partial charge in [-0.05, 0) is 31.4 Å². The van der Waals surface area contributed by atoms with Gasteiger partial charge in [0.1, 0.15) is 0 Å². The van der Waals surface area contributed by atoms with Crippen molar-refractivity contribution in [1.29, 1.82) is 0 Å². The van der Waals surface area contributed by atoms with Crippen LogP contribution in [0.2, 0.25) is 0 Å². The van der Waals surface area contributed by atoms with E-state index in [2.05, 4.69) is 40.3 Å². The number of piperazine rings is 1. The van der Waals surface area contributed by atoms with Crippen molar-refractivity contribution in [2.75, 3.05) is 45.6 Å². The lowest BCUT2D eigenvalue weighted by Crippen LogP contribution is -2.54. The van der Waals surface area contributed by atoms with Crippen LogP contribution in [0.5, 0.6) is 0 Å². The molecule has 8 heteroatoms. The van der Waals surface area contributed by atoms with E-state index in [1.807, 2.05) is 19.9 Å². The molecule has 0 amide bonds. The summed E-state index contributed by atoms with van der Waals surface area (Å²) >= 11 is 0. The third-order valence-electron chi connectivity index (χ3n) is 4.87. The van der Waals surface area contributed by atoms with Gasteiger partial charge in [-0.3, -0.25) is 4.99 Å². The summed E-state index contributed by atoms with van der Waals surface area (Å²) < 4.78 is 31.9. The number of rotatable bonds is 8. The van der Waals surface area contributed by atoms with Crippen molar-refractivity contribution in [1.82, 2.24) is 14.5 Å². The van der Waals surface area contributed by atoms with Gasteiger partial charge in [0.25, 0.3) is 0 Å². The molecule has 1 fully saturated rings. The molecule has 28 heavy (non-hydrogen) atoms. The first-order chi connectivity index (χ1) is 13.4. The van der Waals surface area contributed by atoms with Crippen LogP contribution in [0.1, 0.15) is 31.9 Å². The first-order valence-electron chi connectivity index (χ1n) is 9.99. The number of guanidine groups is 1. The Bertz CT molecular complexity index is 742. The second-order valence-electron chi connectivity index (χ2n) is 7.14. The fourth-order valence-corrected chi connectivity index (χ4v) is 4.56. The van der Waals surface area contributed by atoms with Gasteiger partial charge in [-0.25, -0.2) is 8.42 Å². The highest BCUT2D eigenvalue weighted by molar-refractivity contribution is 7.89. The van der Waals surface area contributed by atoms with E-state index in [1.165, 1.54) is 11.1 Å². The van der Waals surface area contributed by atoms with Crippen LogP contribution in [0.4, 0.5) is 0 Å². The number of sulfonamides is 1. The van der Waals surface area contributed by atoms with Gasteiger partial charge in [-0.1, -0.05) is 31.2 Å². The van der Waals surface area contributed by atoms with Gasteiger partial charge in [0.2, 0.25) is 10.0 Å². The zero-order valence-electron chi connectivity index (χ0n) is 17.5. The summed E-state index contributed by atoms with van der Waals surface area (Å²) in [5.74, 6) is 0.845. The molecule has 158 valence electrons. The van der Waals surface area contributed by atoms with Gasteiger partial charge < -0.3 is 15.0 Å². The number of benzene rings is 1. The molecule has 1 aromatic rings. The molecule has 0 aromatic heterocycles. The molecular formula is C20H34N4O3S. The van der Waals surface area contributed by atoms with Crippen LogP contribution < -0.4 is 5.32 Å². The molecule has 1 aromatic carbocycles. The lowest BCUT2D eigenvalue weighted by Gasteiger charge is -2.36. The summed E-state index contributed by atoms with van der Waals surface area (Å²) in [6.45, 7) is 9.10. The molecule has 0 aliphatic carbocycles. The molecule has 1 aliphatic heterocycles. The molecule has 0 unspecified atom stereocenters. The Hall–Kier alpha value is -1.64. The lowest BCUT2D eigenvalue weighted by molar-refractivity contribution is 0.0904. The average molecular weight is 411 g/mol. The molecule has 0 saturated carbocycles. The van der Waals surface area contributed by atoms with Crippen LogP contribution in [-0.2, 0) is 27.7 Å². The van der Waals surface area contributed by atoms with Crippen molar-refractivity contribution in [3.63, 3.8) is 0 Å². The summed E-state index contributed by atoms with van der Waals surface area (Å²) in [4.78, 5) is 6.50. The highest BCUT2D eigenvalue weighted by Crippen LogP contribution is 2.11. The molecule has 1 N–H and O–H groups in total. The standard InChI is InChI=1S/C20H34N4O3S/c1-5-18-8-6-7-9-19(18)16-22-20(21-4)23-10-12-24(13-11-23)28(25,26)15-14-27-17(2)3/h6-9,17H,5,10-16H2,1-4H3,(H,21,22). The van der Waals surface area contributed by atoms with Crippen LogP contribution in [0.3, 0.4) is 0 Å². The molecule has 0 bridgehead atoms. The van der Waals surface area contributed by atoms with Gasteiger partial charge in [0.15, 0.2) is 5.96 Å². The number of nitrogens with one attached hydrogen (secondary N) is 1. The third-order valence-corrected chi connectivity index (χ3v) is 6.71. The SMILES string of the molecule is CCc1ccccc1CNC(=NC)N1CCN(S(=O)(=O)CCOC(C)C)CC1. The maximum absolute atomic E-state index is 12.5. The Balaban J connectivity index is 1.87. The van der Waals surface area contributed by atoms with Crippen LogP contribution >= 0.6 is 0 Å². The molecule has 1 saturated heterocycles. The van der Waals surface area contributed by atoms with Crippen molar-refractivity contribution in [2.45, 2.75) is 39.8 Å². The summed E-state index contributed by atoms with van der Waals surface area (Å²) in [6, 6.07) is 8.38. The number of hydrogen-bond donors (Lipinski definition) is 1. The van der Waals surface area contributed by atoms with Gasteiger partial charge in [0, 0.05) is 39.8 Å². The van der Waals surface area contributed by atoms with Crippen LogP contribution in [0, 0.1) is 0 Å². The second kappa shape index (κ2) is 10.8. The minimum Gasteiger partial charge on any atom is -0.378 e. The van der Waals surface area contributed by atoms with Gasteiger partial charge in [0.05, 0.1) is 18.5 Å². The van der Waals surface area contributed by atoms with E-state index in [1.54, 1.807) is 11.4 Å². The summed E-state index contributed by atoms with van der Waals surface area (Å²) in [5.41, 5.74) is 2.59. The number of nitrogens with zero attached hydrogens (tertiary/aromatic N) is 3. The summed E-state index contributed by atoms with van der Waals surface area (Å²) in [6.07, 6.45) is 1.03. The van der Waals surface area contributed by atoms with E-state index in [0.29, 0.717) is 32.7 Å². The summed E-state index contributed by atoms with van der Waals surface area (Å²) in [7, 11) is -1.51. The predicted octanol–water partition coefficient (Wildman–Crippen LogP) is 1.70. The second-order valence-corrected chi connectivity index (χ2v) is 9.23. The van der Waals surface area contributed by atoms with Crippen molar-refractivity contribution in [2.24, 2.45) is 4.99 Å². The highest BCUT2D eigenvalue weighted by Gasteiger charge is 2.28. The minimum atomic E-state index is -3.28. The van der Waals surface area contributed by atoms with E-state index >= 15 is 0 Å². The maximum atomic E-state index is 12.5. The van der Waals surface area contributed by atoms with Crippen molar-refractivity contribution < 1.29 is 13.2 Å². The maximum Gasteiger partial charge on any atom is 0.216 e. The van der Waals surface area contributed by atoms with Gasteiger partial charge in [-0.2, -0.15) is 4.31 Å². The zero-order valence-corrected chi connectivity index (χ0v) is 18.3. The highest BCUT2D eigenvalue weighted by atomic mass is 32.2. The first kappa shape index (κ1) is 22.6. The van der Waals surface area contributed by atoms with Crippen LogP contribution in [0.25, 0.3) is 0 Å². The number of ether oxygens (including phenoxy) is 1. The largest absolute Gasteiger partial charge is 0.378 e. The minimum absolute atomic E-state index is 0.0337. The molecule has 1 aliphatic rings. The van der Waals surface area contributed by atoms with Crippen molar-refractivity contribution in [3.05, 3.63) is 35.4 Å². The Labute approximate surface area is 169 Å². The van der Waals surface area contributed by atoms with E-state index < -0.39 is 10.0 Å². The lowest BCUT2D eigenvalue weighted by atomic mass is 10.1. The predicted molar refractivity (Wildman–Crippen MR) is 114 cm³/mol. The van der Waals surface area contributed by atoms with Crippen LogP contribution in [-0.4, -0.2) is 75.3 Å². The molecule has 0 atom stereocenters. The Morgan fingerprint density at radius 1 is 1.18 bits per heavy atom. The quantitative estimate of drug-likeness (QED) is 0.522.